The second-order valence-electron chi connectivity index (χ2n) is 6.60. The number of ether oxygens (including phenoxy) is 1. The molecule has 4 heteroatoms. The number of carbonyl (C=O) groups excluding carboxylic acids is 1. The molecule has 126 valence electrons. The van der Waals surface area contributed by atoms with Crippen molar-refractivity contribution in [2.75, 3.05) is 26.3 Å². The normalized spacial score (nSPS) is 25.2. The Balaban J connectivity index is 1.65. The van der Waals surface area contributed by atoms with Gasteiger partial charge in [0, 0.05) is 31.8 Å². The Bertz CT molecular complexity index is 505. The Morgan fingerprint density at radius 2 is 1.87 bits per heavy atom. The fourth-order valence-corrected chi connectivity index (χ4v) is 4.08. The molecule has 0 aliphatic carbocycles. The van der Waals surface area contributed by atoms with Crippen LogP contribution in [0.25, 0.3) is 0 Å². The molecule has 0 N–H and O–H groups in total. The topological polar surface area (TPSA) is 32.8 Å². The van der Waals surface area contributed by atoms with E-state index in [1.807, 2.05) is 6.92 Å². The molecule has 0 radical (unpaired) electrons. The highest BCUT2D eigenvalue weighted by Crippen LogP contribution is 2.31. The quantitative estimate of drug-likeness (QED) is 0.809. The van der Waals surface area contributed by atoms with Crippen LogP contribution < -0.4 is 0 Å². The molecule has 2 saturated heterocycles. The van der Waals surface area contributed by atoms with Crippen LogP contribution in [-0.2, 0) is 16.1 Å². The van der Waals surface area contributed by atoms with Crippen molar-refractivity contribution in [2.45, 2.75) is 51.2 Å². The molecule has 3 rings (SSSR count). The minimum absolute atomic E-state index is 0.168. The van der Waals surface area contributed by atoms with Gasteiger partial charge in [0.2, 0.25) is 5.91 Å². The molecule has 1 aromatic carbocycles. The molecule has 0 spiro atoms. The van der Waals surface area contributed by atoms with E-state index in [1.165, 1.54) is 18.4 Å². The summed E-state index contributed by atoms with van der Waals surface area (Å²) in [5, 5.41) is 0. The lowest BCUT2D eigenvalue weighted by Gasteiger charge is -2.35. The molecule has 0 unspecified atom stereocenters. The fraction of sp³-hybridized carbons (Fsp3) is 0.632. The van der Waals surface area contributed by atoms with Gasteiger partial charge >= 0.3 is 0 Å². The van der Waals surface area contributed by atoms with E-state index in [0.29, 0.717) is 18.7 Å². The van der Waals surface area contributed by atoms with Crippen LogP contribution in [0.3, 0.4) is 0 Å². The monoisotopic (exact) mass is 316 g/mol. The van der Waals surface area contributed by atoms with Crippen LogP contribution >= 0.6 is 0 Å². The Kier molecular flexibility index (Phi) is 5.68. The highest BCUT2D eigenvalue weighted by Gasteiger charge is 2.39. The predicted molar refractivity (Wildman–Crippen MR) is 91.1 cm³/mol. The number of likely N-dealkylation sites (tertiary alicyclic amines) is 2. The lowest BCUT2D eigenvalue weighted by molar-refractivity contribution is -0.137. The number of nitrogens with zero attached hydrogens (tertiary/aromatic N) is 2. The molecule has 1 amide bonds. The number of carbonyl (C=O) groups is 1. The van der Waals surface area contributed by atoms with Gasteiger partial charge in [0.15, 0.2) is 0 Å². The summed E-state index contributed by atoms with van der Waals surface area (Å²) >= 11 is 0. The summed E-state index contributed by atoms with van der Waals surface area (Å²) in [6.07, 6.45) is 4.70. The molecule has 0 saturated carbocycles. The van der Waals surface area contributed by atoms with E-state index in [1.54, 1.807) is 0 Å². The first-order valence-corrected chi connectivity index (χ1v) is 8.94. The van der Waals surface area contributed by atoms with Crippen LogP contribution in [0.2, 0.25) is 0 Å². The van der Waals surface area contributed by atoms with Crippen molar-refractivity contribution < 1.29 is 9.53 Å². The summed E-state index contributed by atoms with van der Waals surface area (Å²) < 4.78 is 5.34. The van der Waals surface area contributed by atoms with Gasteiger partial charge in [-0.25, -0.2) is 0 Å². The van der Waals surface area contributed by atoms with Crippen molar-refractivity contribution in [3.8, 4) is 0 Å². The maximum absolute atomic E-state index is 12.4. The van der Waals surface area contributed by atoms with Gasteiger partial charge in [-0.05, 0) is 44.7 Å². The average Bonchev–Trinajstić information content (AvgIpc) is 3.22. The Hall–Kier alpha value is -1.39. The second kappa shape index (κ2) is 7.93. The maximum atomic E-state index is 12.4. The van der Waals surface area contributed by atoms with E-state index in [-0.39, 0.29) is 12.5 Å². The first-order valence-electron chi connectivity index (χ1n) is 8.94. The molecule has 4 nitrogen and oxygen atoms in total. The summed E-state index contributed by atoms with van der Waals surface area (Å²) in [5.41, 5.74) is 1.37. The zero-order valence-corrected chi connectivity index (χ0v) is 14.1. The van der Waals surface area contributed by atoms with Crippen molar-refractivity contribution in [3.05, 3.63) is 35.9 Å². The van der Waals surface area contributed by atoms with Gasteiger partial charge in [-0.15, -0.1) is 0 Å². The molecule has 2 aliphatic heterocycles. The predicted octanol–water partition coefficient (Wildman–Crippen LogP) is 2.68. The van der Waals surface area contributed by atoms with Gasteiger partial charge in [0.25, 0.3) is 0 Å². The third kappa shape index (κ3) is 3.93. The van der Waals surface area contributed by atoms with Crippen LogP contribution in [-0.4, -0.2) is 54.1 Å². The Morgan fingerprint density at radius 1 is 1.13 bits per heavy atom. The van der Waals surface area contributed by atoms with Gasteiger partial charge in [-0.3, -0.25) is 9.69 Å². The van der Waals surface area contributed by atoms with Crippen molar-refractivity contribution in [1.29, 1.82) is 0 Å². The average molecular weight is 316 g/mol. The molecule has 2 aliphatic rings. The number of hydrogen-bond donors (Lipinski definition) is 0. The smallest absolute Gasteiger partial charge is 0.248 e. The summed E-state index contributed by atoms with van der Waals surface area (Å²) in [5.74, 6) is 0.168. The van der Waals surface area contributed by atoms with Crippen LogP contribution in [0.1, 0.15) is 38.2 Å². The van der Waals surface area contributed by atoms with E-state index in [0.717, 1.165) is 32.5 Å². The van der Waals surface area contributed by atoms with E-state index in [9.17, 15) is 4.79 Å². The van der Waals surface area contributed by atoms with Gasteiger partial charge in [-0.2, -0.15) is 0 Å². The van der Waals surface area contributed by atoms with Crippen molar-refractivity contribution in [2.24, 2.45) is 0 Å². The zero-order valence-electron chi connectivity index (χ0n) is 14.1. The third-order valence-corrected chi connectivity index (χ3v) is 5.14. The molecule has 0 bridgehead atoms. The lowest BCUT2D eigenvalue weighted by Crippen LogP contribution is -2.49. The number of hydrogen-bond acceptors (Lipinski definition) is 3. The molecule has 1 aromatic rings. The lowest BCUT2D eigenvalue weighted by atomic mass is 10.0. The Morgan fingerprint density at radius 3 is 2.65 bits per heavy atom. The summed E-state index contributed by atoms with van der Waals surface area (Å²) in [6, 6.07) is 11.5. The van der Waals surface area contributed by atoms with Crippen molar-refractivity contribution in [1.82, 2.24) is 9.80 Å². The van der Waals surface area contributed by atoms with E-state index < -0.39 is 0 Å². The highest BCUT2D eigenvalue weighted by molar-refractivity contribution is 5.78. The van der Waals surface area contributed by atoms with E-state index in [2.05, 4.69) is 40.1 Å². The largest absolute Gasteiger partial charge is 0.372 e. The summed E-state index contributed by atoms with van der Waals surface area (Å²) in [4.78, 5) is 17.1. The highest BCUT2D eigenvalue weighted by atomic mass is 16.5. The van der Waals surface area contributed by atoms with Crippen molar-refractivity contribution >= 4 is 5.91 Å². The zero-order chi connectivity index (χ0) is 16.1. The number of rotatable bonds is 6. The van der Waals surface area contributed by atoms with E-state index >= 15 is 0 Å². The molecular formula is C19H28N2O2. The van der Waals surface area contributed by atoms with Crippen molar-refractivity contribution in [3.63, 3.8) is 0 Å². The molecular weight excluding hydrogens is 288 g/mol. The van der Waals surface area contributed by atoms with Gasteiger partial charge in [0.05, 0.1) is 0 Å². The second-order valence-corrected chi connectivity index (χ2v) is 6.60. The summed E-state index contributed by atoms with van der Waals surface area (Å²) in [6.45, 7) is 5.81. The molecule has 0 aromatic heterocycles. The number of amides is 1. The molecule has 2 fully saturated rings. The fourth-order valence-electron chi connectivity index (χ4n) is 4.08. The Labute approximate surface area is 139 Å². The van der Waals surface area contributed by atoms with Gasteiger partial charge in [-0.1, -0.05) is 30.3 Å². The van der Waals surface area contributed by atoms with E-state index in [4.69, 9.17) is 4.74 Å². The SMILES string of the molecule is CCOCC(=O)N1CCC[C@@H]1[C@@H]1CCCN1Cc1ccccc1. The van der Waals surface area contributed by atoms with Gasteiger partial charge in [0.1, 0.15) is 6.61 Å². The van der Waals surface area contributed by atoms with Gasteiger partial charge < -0.3 is 9.64 Å². The van der Waals surface area contributed by atoms with Crippen LogP contribution in [0.4, 0.5) is 0 Å². The minimum Gasteiger partial charge on any atom is -0.372 e. The summed E-state index contributed by atoms with van der Waals surface area (Å²) in [7, 11) is 0. The third-order valence-electron chi connectivity index (χ3n) is 5.14. The minimum atomic E-state index is 0.168. The standard InChI is InChI=1S/C19H28N2O2/c1-2-23-15-19(22)21-13-7-11-18(21)17-10-6-12-20(17)14-16-8-4-3-5-9-16/h3-5,8-9,17-18H,2,6-7,10-15H2,1H3/t17-,18+/m0/s1. The first kappa shape index (κ1) is 16.5. The number of benzene rings is 1. The molecule has 2 heterocycles. The molecule has 23 heavy (non-hydrogen) atoms. The van der Waals surface area contributed by atoms with Crippen LogP contribution in [0, 0.1) is 0 Å². The van der Waals surface area contributed by atoms with Crippen LogP contribution in [0.15, 0.2) is 30.3 Å². The maximum Gasteiger partial charge on any atom is 0.248 e. The first-order chi connectivity index (χ1) is 11.3. The van der Waals surface area contributed by atoms with Crippen LogP contribution in [0.5, 0.6) is 0 Å². The molecule has 2 atom stereocenters.